The first kappa shape index (κ1) is 17.1. The predicted octanol–water partition coefficient (Wildman–Crippen LogP) is 3.59. The molecule has 0 aromatic carbocycles. The van der Waals surface area contributed by atoms with Gasteiger partial charge in [0.2, 0.25) is 0 Å². The highest BCUT2D eigenvalue weighted by Crippen LogP contribution is 2.21. The van der Waals surface area contributed by atoms with Crippen molar-refractivity contribution < 1.29 is 5.11 Å². The lowest BCUT2D eigenvalue weighted by Gasteiger charge is -2.17. The smallest absolute Gasteiger partial charge is 0.0552 e. The molecule has 3 heterocycles. The topological polar surface area (TPSA) is 36.4 Å². The first-order valence-corrected chi connectivity index (χ1v) is 8.88. The van der Waals surface area contributed by atoms with Gasteiger partial charge in [-0.15, -0.1) is 11.3 Å². The van der Waals surface area contributed by atoms with Gasteiger partial charge in [0.05, 0.1) is 6.10 Å². The monoisotopic (exact) mass is 318 g/mol. The molecule has 22 heavy (non-hydrogen) atoms. The first-order valence-electron chi connectivity index (χ1n) is 8.00. The van der Waals surface area contributed by atoms with E-state index >= 15 is 0 Å². The van der Waals surface area contributed by atoms with E-state index in [-0.39, 0.29) is 6.10 Å². The fourth-order valence-corrected chi connectivity index (χ4v) is 3.32. The van der Waals surface area contributed by atoms with Crippen molar-refractivity contribution in [3.63, 3.8) is 0 Å². The van der Waals surface area contributed by atoms with Crippen molar-refractivity contribution >= 4 is 11.3 Å². The summed E-state index contributed by atoms with van der Waals surface area (Å²) in [6, 6.07) is 8.31. The van der Waals surface area contributed by atoms with Crippen LogP contribution < -0.4 is 0 Å². The van der Waals surface area contributed by atoms with E-state index in [4.69, 9.17) is 0 Å². The average Bonchev–Trinajstić information content (AvgIpc) is 3.20. The minimum Gasteiger partial charge on any atom is -0.393 e. The summed E-state index contributed by atoms with van der Waals surface area (Å²) in [6.07, 6.45) is 5.82. The van der Waals surface area contributed by atoms with E-state index in [9.17, 15) is 5.11 Å². The molecular formula is C18H26N2OS. The largest absolute Gasteiger partial charge is 0.393 e. The molecule has 3 nitrogen and oxygen atoms in total. The second kappa shape index (κ2) is 9.03. The lowest BCUT2D eigenvalue weighted by molar-refractivity contribution is 0.127. The lowest BCUT2D eigenvalue weighted by atomic mass is 10.0. The maximum atomic E-state index is 9.50. The highest BCUT2D eigenvalue weighted by atomic mass is 32.1. The summed E-state index contributed by atoms with van der Waals surface area (Å²) in [5.41, 5.74) is 1.25. The van der Waals surface area contributed by atoms with Gasteiger partial charge in [0.15, 0.2) is 0 Å². The van der Waals surface area contributed by atoms with Gasteiger partial charge in [-0.05, 0) is 55.3 Å². The quantitative estimate of drug-likeness (QED) is 0.936. The van der Waals surface area contributed by atoms with E-state index in [0.717, 1.165) is 26.1 Å². The van der Waals surface area contributed by atoms with Crippen molar-refractivity contribution in [3.05, 3.63) is 52.5 Å². The predicted molar refractivity (Wildman–Crippen MR) is 93.0 cm³/mol. The number of nitrogens with zero attached hydrogens (tertiary/aromatic N) is 2. The molecule has 1 N–H and O–H groups in total. The van der Waals surface area contributed by atoms with Crippen LogP contribution >= 0.6 is 11.3 Å². The van der Waals surface area contributed by atoms with E-state index < -0.39 is 0 Å². The Morgan fingerprint density at radius 2 is 2.27 bits per heavy atom. The van der Waals surface area contributed by atoms with Crippen LogP contribution in [0.25, 0.3) is 0 Å². The van der Waals surface area contributed by atoms with Crippen LogP contribution in [0.4, 0.5) is 0 Å². The summed E-state index contributed by atoms with van der Waals surface area (Å²) in [7, 11) is 0. The SMILES string of the molecule is CCc1cccs1.C[C@@H](O)C1CCN(Cc2cccnc2)C1. The van der Waals surface area contributed by atoms with Gasteiger partial charge >= 0.3 is 0 Å². The molecule has 1 saturated heterocycles. The van der Waals surface area contributed by atoms with Gasteiger partial charge in [-0.3, -0.25) is 9.88 Å². The number of aryl methyl sites for hydroxylation is 1. The summed E-state index contributed by atoms with van der Waals surface area (Å²) in [5, 5.41) is 11.6. The van der Waals surface area contributed by atoms with E-state index in [1.165, 1.54) is 16.9 Å². The molecule has 4 heteroatoms. The van der Waals surface area contributed by atoms with Crippen LogP contribution in [-0.2, 0) is 13.0 Å². The van der Waals surface area contributed by atoms with Gasteiger partial charge in [-0.2, -0.15) is 0 Å². The van der Waals surface area contributed by atoms with Gasteiger partial charge in [0, 0.05) is 30.4 Å². The molecular weight excluding hydrogens is 292 g/mol. The molecule has 0 spiro atoms. The number of rotatable bonds is 4. The van der Waals surface area contributed by atoms with Crippen LogP contribution in [-0.4, -0.2) is 34.2 Å². The summed E-state index contributed by atoms with van der Waals surface area (Å²) < 4.78 is 0. The van der Waals surface area contributed by atoms with Gasteiger partial charge in [0.25, 0.3) is 0 Å². The first-order chi connectivity index (χ1) is 10.7. The van der Waals surface area contributed by atoms with Crippen molar-refractivity contribution in [1.82, 2.24) is 9.88 Å². The molecule has 0 amide bonds. The average molecular weight is 318 g/mol. The maximum Gasteiger partial charge on any atom is 0.0552 e. The van der Waals surface area contributed by atoms with Gasteiger partial charge in [-0.1, -0.05) is 19.1 Å². The molecule has 0 aliphatic carbocycles. The van der Waals surface area contributed by atoms with E-state index in [1.54, 1.807) is 6.20 Å². The maximum absolute atomic E-state index is 9.50. The van der Waals surface area contributed by atoms with Crippen LogP contribution in [0.3, 0.4) is 0 Å². The third-order valence-electron chi connectivity index (χ3n) is 4.05. The number of aliphatic hydroxyl groups excluding tert-OH is 1. The van der Waals surface area contributed by atoms with Crippen LogP contribution in [0, 0.1) is 5.92 Å². The summed E-state index contributed by atoms with van der Waals surface area (Å²) in [6.45, 7) is 7.11. The minimum absolute atomic E-state index is 0.177. The molecule has 2 aromatic heterocycles. The Bertz CT molecular complexity index is 513. The number of hydrogen-bond acceptors (Lipinski definition) is 4. The zero-order valence-corrected chi connectivity index (χ0v) is 14.3. The Labute approximate surface area is 137 Å². The molecule has 1 aliphatic rings. The van der Waals surface area contributed by atoms with Crippen molar-refractivity contribution in [3.8, 4) is 0 Å². The third kappa shape index (κ3) is 5.52. The molecule has 0 saturated carbocycles. The van der Waals surface area contributed by atoms with Crippen LogP contribution in [0.15, 0.2) is 42.0 Å². The number of aliphatic hydroxyl groups is 1. The Hall–Kier alpha value is -1.23. The van der Waals surface area contributed by atoms with E-state index in [2.05, 4.69) is 40.4 Å². The van der Waals surface area contributed by atoms with Gasteiger partial charge in [-0.25, -0.2) is 0 Å². The molecule has 0 radical (unpaired) electrons. The Kier molecular flexibility index (Phi) is 7.03. The Morgan fingerprint density at radius 3 is 2.77 bits per heavy atom. The standard InChI is InChI=1S/C12H18N2O.C6H8S/c1-10(15)12-4-6-14(9-12)8-11-3-2-5-13-7-11;1-2-6-4-3-5-7-6/h2-3,5,7,10,12,15H,4,6,8-9H2,1H3;3-5H,2H2,1H3/t10-,12?;/m1./s1. The van der Waals surface area contributed by atoms with Gasteiger partial charge < -0.3 is 5.11 Å². The Morgan fingerprint density at radius 1 is 1.41 bits per heavy atom. The van der Waals surface area contributed by atoms with Crippen LogP contribution in [0.5, 0.6) is 0 Å². The van der Waals surface area contributed by atoms with Crippen LogP contribution in [0.1, 0.15) is 30.7 Å². The highest BCUT2D eigenvalue weighted by molar-refractivity contribution is 7.09. The van der Waals surface area contributed by atoms with Crippen molar-refractivity contribution in [1.29, 1.82) is 0 Å². The number of thiophene rings is 1. The van der Waals surface area contributed by atoms with E-state index in [1.807, 2.05) is 30.5 Å². The fourth-order valence-electron chi connectivity index (χ4n) is 2.66. The zero-order valence-electron chi connectivity index (χ0n) is 13.5. The lowest BCUT2D eigenvalue weighted by Crippen LogP contribution is -2.23. The summed E-state index contributed by atoms with van der Waals surface area (Å²) in [5.74, 6) is 0.446. The Balaban J connectivity index is 0.000000211. The molecule has 2 aromatic rings. The molecule has 0 bridgehead atoms. The van der Waals surface area contributed by atoms with Crippen molar-refractivity contribution in [2.24, 2.45) is 5.92 Å². The number of pyridine rings is 1. The molecule has 120 valence electrons. The van der Waals surface area contributed by atoms with Crippen LogP contribution in [0.2, 0.25) is 0 Å². The van der Waals surface area contributed by atoms with Crippen molar-refractivity contribution in [2.45, 2.75) is 39.3 Å². The minimum atomic E-state index is -0.177. The second-order valence-corrected chi connectivity index (χ2v) is 6.85. The molecule has 2 atom stereocenters. The van der Waals surface area contributed by atoms with E-state index in [0.29, 0.717) is 5.92 Å². The number of hydrogen-bond donors (Lipinski definition) is 1. The van der Waals surface area contributed by atoms with Crippen molar-refractivity contribution in [2.75, 3.05) is 13.1 Å². The second-order valence-electron chi connectivity index (χ2n) is 5.82. The summed E-state index contributed by atoms with van der Waals surface area (Å²) >= 11 is 1.82. The summed E-state index contributed by atoms with van der Waals surface area (Å²) in [4.78, 5) is 7.96. The zero-order chi connectivity index (χ0) is 15.8. The fraction of sp³-hybridized carbons (Fsp3) is 0.500. The number of aromatic nitrogens is 1. The molecule has 1 aliphatic heterocycles. The molecule has 1 unspecified atom stereocenters. The van der Waals surface area contributed by atoms with Gasteiger partial charge in [0.1, 0.15) is 0 Å². The molecule has 1 fully saturated rings. The highest BCUT2D eigenvalue weighted by Gasteiger charge is 2.25. The third-order valence-corrected chi connectivity index (χ3v) is 5.07. The molecule has 3 rings (SSSR count). The number of likely N-dealkylation sites (tertiary alicyclic amines) is 1. The normalized spacial score (nSPS) is 19.5.